The minimum absolute atomic E-state index is 0.0478. The van der Waals surface area contributed by atoms with Crippen molar-refractivity contribution in [1.82, 2.24) is 14.5 Å². The Balaban J connectivity index is 1.48. The highest BCUT2D eigenvalue weighted by atomic mass is 16.7. The zero-order chi connectivity index (χ0) is 27.8. The number of carbonyl (C=O) groups is 2. The third-order valence-corrected chi connectivity index (χ3v) is 7.04. The molecule has 1 saturated heterocycles. The lowest BCUT2D eigenvalue weighted by Gasteiger charge is -2.27. The van der Waals surface area contributed by atoms with Gasteiger partial charge in [-0.3, -0.25) is 9.59 Å². The van der Waals surface area contributed by atoms with Crippen LogP contribution in [0.3, 0.4) is 0 Å². The fourth-order valence-corrected chi connectivity index (χ4v) is 5.22. The van der Waals surface area contributed by atoms with Gasteiger partial charge in [0.1, 0.15) is 19.0 Å². The predicted octanol–water partition coefficient (Wildman–Crippen LogP) is 2.91. The maximum atomic E-state index is 13.6. The van der Waals surface area contributed by atoms with E-state index in [9.17, 15) is 14.7 Å². The smallest absolute Gasteiger partial charge is 0.295 e. The molecule has 3 aromatic rings. The molecule has 6 rings (SSSR count). The van der Waals surface area contributed by atoms with Gasteiger partial charge in [0.25, 0.3) is 11.7 Å². The molecule has 0 unspecified atom stereocenters. The molecule has 1 N–H and O–H groups in total. The first-order chi connectivity index (χ1) is 19.5. The van der Waals surface area contributed by atoms with Crippen LogP contribution in [0.2, 0.25) is 0 Å². The van der Waals surface area contributed by atoms with Crippen LogP contribution in [0.1, 0.15) is 23.6 Å². The third-order valence-electron chi connectivity index (χ3n) is 7.04. The zero-order valence-electron chi connectivity index (χ0n) is 21.9. The lowest BCUT2D eigenvalue weighted by Crippen LogP contribution is -2.31. The molecule has 1 amide bonds. The summed E-state index contributed by atoms with van der Waals surface area (Å²) < 4.78 is 35.7. The summed E-state index contributed by atoms with van der Waals surface area (Å²) >= 11 is 0. The van der Waals surface area contributed by atoms with Crippen LogP contribution >= 0.6 is 0 Å². The number of benzene rings is 2. The van der Waals surface area contributed by atoms with Gasteiger partial charge >= 0.3 is 0 Å². The topological polar surface area (TPSA) is 131 Å². The number of amides is 1. The number of aromatic nitrogens is 2. The second-order valence-corrected chi connectivity index (χ2v) is 9.27. The Labute approximate surface area is 229 Å². The molecule has 1 atom stereocenters. The average molecular weight is 550 g/mol. The van der Waals surface area contributed by atoms with E-state index in [0.29, 0.717) is 66.1 Å². The van der Waals surface area contributed by atoms with Gasteiger partial charge in [-0.15, -0.1) is 0 Å². The van der Waals surface area contributed by atoms with Crippen molar-refractivity contribution in [3.63, 3.8) is 0 Å². The number of fused-ring (bicyclic) bond motifs is 2. The summed E-state index contributed by atoms with van der Waals surface area (Å²) in [6.07, 6.45) is 5.69. The SMILES string of the molecule is COc1cc([C@H]2C(=C(O)c3ccc4c(c3)OCCO4)C(=O)C(=O)N2CCCn2ccnc2)c(OC)c2c1OCO2. The van der Waals surface area contributed by atoms with Crippen molar-refractivity contribution in [2.24, 2.45) is 0 Å². The number of nitrogens with zero attached hydrogens (tertiary/aromatic N) is 3. The number of hydrogen-bond acceptors (Lipinski definition) is 10. The molecule has 3 aliphatic heterocycles. The molecule has 208 valence electrons. The highest BCUT2D eigenvalue weighted by Crippen LogP contribution is 2.54. The van der Waals surface area contributed by atoms with Crippen LogP contribution in [-0.4, -0.2) is 72.0 Å². The van der Waals surface area contributed by atoms with E-state index in [4.69, 9.17) is 28.4 Å². The third kappa shape index (κ3) is 4.21. The Kier molecular flexibility index (Phi) is 6.58. The molecule has 0 spiro atoms. The molecule has 0 saturated carbocycles. The summed E-state index contributed by atoms with van der Waals surface area (Å²) in [5.41, 5.74) is 0.616. The Morgan fingerprint density at radius 3 is 2.58 bits per heavy atom. The van der Waals surface area contributed by atoms with E-state index in [-0.39, 0.29) is 30.4 Å². The van der Waals surface area contributed by atoms with E-state index in [2.05, 4.69) is 4.98 Å². The van der Waals surface area contributed by atoms with Crippen LogP contribution in [0.5, 0.6) is 34.5 Å². The fourth-order valence-electron chi connectivity index (χ4n) is 5.22. The minimum atomic E-state index is -1.01. The minimum Gasteiger partial charge on any atom is -0.507 e. The summed E-state index contributed by atoms with van der Waals surface area (Å²) in [4.78, 5) is 32.5. The van der Waals surface area contributed by atoms with Crippen molar-refractivity contribution in [3.8, 4) is 34.5 Å². The van der Waals surface area contributed by atoms with Crippen molar-refractivity contribution in [2.45, 2.75) is 19.0 Å². The van der Waals surface area contributed by atoms with Gasteiger partial charge in [0.15, 0.2) is 23.0 Å². The second-order valence-electron chi connectivity index (χ2n) is 9.27. The van der Waals surface area contributed by atoms with Gasteiger partial charge in [0.2, 0.25) is 18.3 Å². The maximum Gasteiger partial charge on any atom is 0.295 e. The molecule has 1 aromatic heterocycles. The molecule has 3 aliphatic rings. The maximum absolute atomic E-state index is 13.6. The number of likely N-dealkylation sites (tertiary alicyclic amines) is 1. The highest BCUT2D eigenvalue weighted by molar-refractivity contribution is 6.46. The van der Waals surface area contributed by atoms with E-state index in [1.54, 1.807) is 36.8 Å². The Hall–Kier alpha value is -4.87. The summed E-state index contributed by atoms with van der Waals surface area (Å²) in [6.45, 7) is 1.50. The lowest BCUT2D eigenvalue weighted by molar-refractivity contribution is -0.140. The number of imidazole rings is 1. The molecule has 12 nitrogen and oxygen atoms in total. The molecule has 4 heterocycles. The monoisotopic (exact) mass is 549 g/mol. The van der Waals surface area contributed by atoms with Gasteiger partial charge in [-0.2, -0.15) is 0 Å². The van der Waals surface area contributed by atoms with E-state index in [1.165, 1.54) is 19.1 Å². The van der Waals surface area contributed by atoms with Crippen LogP contribution in [0, 0.1) is 0 Å². The summed E-state index contributed by atoms with van der Waals surface area (Å²) in [5, 5.41) is 11.6. The van der Waals surface area contributed by atoms with E-state index < -0.39 is 17.7 Å². The fraction of sp³-hybridized carbons (Fsp3) is 0.321. The van der Waals surface area contributed by atoms with Gasteiger partial charge in [-0.25, -0.2) is 4.98 Å². The van der Waals surface area contributed by atoms with Gasteiger partial charge in [-0.05, 0) is 30.7 Å². The number of ether oxygens (including phenoxy) is 6. The number of rotatable bonds is 8. The number of aliphatic hydroxyl groups excluding tert-OH is 1. The van der Waals surface area contributed by atoms with Crippen molar-refractivity contribution in [1.29, 1.82) is 0 Å². The van der Waals surface area contributed by atoms with E-state index in [1.807, 2.05) is 10.8 Å². The van der Waals surface area contributed by atoms with Gasteiger partial charge in [-0.1, -0.05) is 0 Å². The van der Waals surface area contributed by atoms with Crippen molar-refractivity contribution < 1.29 is 43.1 Å². The zero-order valence-corrected chi connectivity index (χ0v) is 21.9. The predicted molar refractivity (Wildman–Crippen MR) is 139 cm³/mol. The molecule has 0 bridgehead atoms. The largest absolute Gasteiger partial charge is 0.507 e. The average Bonchev–Trinajstić information content (AvgIpc) is 3.73. The first-order valence-corrected chi connectivity index (χ1v) is 12.7. The highest BCUT2D eigenvalue weighted by Gasteiger charge is 2.48. The van der Waals surface area contributed by atoms with Gasteiger partial charge in [0, 0.05) is 36.6 Å². The number of ketones is 1. The number of aliphatic hydroxyl groups is 1. The Bertz CT molecular complexity index is 1500. The standard InChI is InChI=1S/C28H27N3O9/c1-35-20-13-17(25(36-2)27-26(20)39-15-40-27)22-21(23(32)16-4-5-18-19(12-16)38-11-10-37-18)24(33)28(34)31(22)8-3-7-30-9-6-29-14-30/h4-6,9,12-14,22,32H,3,7-8,10-11,15H2,1-2H3/t22-/m0/s1. The van der Waals surface area contributed by atoms with E-state index in [0.717, 1.165) is 0 Å². The van der Waals surface area contributed by atoms with Crippen LogP contribution < -0.4 is 28.4 Å². The van der Waals surface area contributed by atoms with Crippen LogP contribution in [0.25, 0.3) is 5.76 Å². The molecule has 12 heteroatoms. The van der Waals surface area contributed by atoms with Crippen LogP contribution in [0.15, 0.2) is 48.6 Å². The second kappa shape index (κ2) is 10.4. The van der Waals surface area contributed by atoms with Gasteiger partial charge < -0.3 is 43.0 Å². The van der Waals surface area contributed by atoms with Crippen LogP contribution in [0.4, 0.5) is 0 Å². The molecule has 0 aliphatic carbocycles. The number of methoxy groups -OCH3 is 2. The summed E-state index contributed by atoms with van der Waals surface area (Å²) in [6, 6.07) is 5.50. The van der Waals surface area contributed by atoms with Crippen molar-refractivity contribution in [3.05, 3.63) is 59.7 Å². The van der Waals surface area contributed by atoms with E-state index >= 15 is 0 Å². The van der Waals surface area contributed by atoms with Crippen molar-refractivity contribution >= 4 is 17.4 Å². The van der Waals surface area contributed by atoms with Crippen molar-refractivity contribution in [2.75, 3.05) is 40.8 Å². The molecule has 0 radical (unpaired) electrons. The van der Waals surface area contributed by atoms with Gasteiger partial charge in [0.05, 0.1) is 32.2 Å². The number of carbonyl (C=O) groups excluding carboxylic acids is 2. The number of Topliss-reactive ketones (excluding diaryl/α,β-unsaturated/α-hetero) is 1. The summed E-state index contributed by atoms with van der Waals surface area (Å²) in [5.74, 6) is 0.306. The molecule has 2 aromatic carbocycles. The Morgan fingerprint density at radius 1 is 1.02 bits per heavy atom. The summed E-state index contributed by atoms with van der Waals surface area (Å²) in [7, 11) is 2.93. The quantitative estimate of drug-likeness (QED) is 0.254. The molecule has 1 fully saturated rings. The number of hydrogen-bond donors (Lipinski definition) is 1. The number of aryl methyl sites for hydroxylation is 1. The lowest BCUT2D eigenvalue weighted by atomic mass is 9.93. The normalized spacial score (nSPS) is 18.8. The first-order valence-electron chi connectivity index (χ1n) is 12.7. The Morgan fingerprint density at radius 2 is 1.82 bits per heavy atom. The molecular formula is C28H27N3O9. The van der Waals surface area contributed by atoms with Crippen LogP contribution in [-0.2, 0) is 16.1 Å². The first kappa shape index (κ1) is 25.4. The molecule has 40 heavy (non-hydrogen) atoms. The molecular weight excluding hydrogens is 522 g/mol.